The molecule has 2 aliphatic rings. The standard InChI is InChI=1S/C18H24ClNO/c1-13-7-9-18(12-19,10-8-13)20-17(21)16-11-15(16)14-5-3-2-4-6-14/h2-6,13,15-16H,7-12H2,1H3,(H,20,21). The normalized spacial score (nSPS) is 35.2. The molecule has 2 saturated carbocycles. The summed E-state index contributed by atoms with van der Waals surface area (Å²) in [4.78, 5) is 12.5. The van der Waals surface area contributed by atoms with Gasteiger partial charge in [0, 0.05) is 11.8 Å². The molecule has 3 heteroatoms. The molecule has 0 saturated heterocycles. The minimum Gasteiger partial charge on any atom is -0.349 e. The molecule has 2 fully saturated rings. The molecule has 2 atom stereocenters. The summed E-state index contributed by atoms with van der Waals surface area (Å²) in [7, 11) is 0. The molecule has 0 aromatic heterocycles. The number of rotatable bonds is 4. The fraction of sp³-hybridized carbons (Fsp3) is 0.611. The van der Waals surface area contributed by atoms with Gasteiger partial charge in [-0.05, 0) is 49.5 Å². The van der Waals surface area contributed by atoms with E-state index in [-0.39, 0.29) is 17.4 Å². The van der Waals surface area contributed by atoms with Crippen molar-refractivity contribution in [2.24, 2.45) is 11.8 Å². The number of benzene rings is 1. The lowest BCUT2D eigenvalue weighted by Gasteiger charge is -2.38. The van der Waals surface area contributed by atoms with E-state index in [0.717, 1.165) is 25.2 Å². The summed E-state index contributed by atoms with van der Waals surface area (Å²) in [5, 5.41) is 3.29. The zero-order chi connectivity index (χ0) is 14.9. The van der Waals surface area contributed by atoms with Crippen LogP contribution in [0.4, 0.5) is 0 Å². The van der Waals surface area contributed by atoms with Crippen LogP contribution >= 0.6 is 11.6 Å². The first-order chi connectivity index (χ1) is 10.1. The van der Waals surface area contributed by atoms with Gasteiger partial charge in [0.05, 0.1) is 5.54 Å². The van der Waals surface area contributed by atoms with Gasteiger partial charge in [-0.25, -0.2) is 0 Å². The van der Waals surface area contributed by atoms with Crippen LogP contribution in [0.15, 0.2) is 30.3 Å². The van der Waals surface area contributed by atoms with Crippen LogP contribution in [0.5, 0.6) is 0 Å². The van der Waals surface area contributed by atoms with Gasteiger partial charge >= 0.3 is 0 Å². The van der Waals surface area contributed by atoms with E-state index in [1.165, 1.54) is 18.4 Å². The van der Waals surface area contributed by atoms with Gasteiger partial charge < -0.3 is 5.32 Å². The molecular formula is C18H24ClNO. The van der Waals surface area contributed by atoms with Gasteiger partial charge in [0.2, 0.25) is 5.91 Å². The highest BCUT2D eigenvalue weighted by molar-refractivity contribution is 6.18. The summed E-state index contributed by atoms with van der Waals surface area (Å²) in [6, 6.07) is 10.4. The van der Waals surface area contributed by atoms with E-state index in [4.69, 9.17) is 11.6 Å². The minimum absolute atomic E-state index is 0.145. The van der Waals surface area contributed by atoms with Gasteiger partial charge in [-0.15, -0.1) is 11.6 Å². The molecule has 21 heavy (non-hydrogen) atoms. The van der Waals surface area contributed by atoms with Crippen molar-refractivity contribution in [3.05, 3.63) is 35.9 Å². The average Bonchev–Trinajstić information content (AvgIpc) is 3.31. The van der Waals surface area contributed by atoms with Crippen molar-refractivity contribution in [1.29, 1.82) is 0 Å². The van der Waals surface area contributed by atoms with Crippen molar-refractivity contribution in [3.8, 4) is 0 Å². The van der Waals surface area contributed by atoms with E-state index in [1.54, 1.807) is 0 Å². The largest absolute Gasteiger partial charge is 0.349 e. The third-order valence-electron chi connectivity index (χ3n) is 5.23. The number of alkyl halides is 1. The van der Waals surface area contributed by atoms with Gasteiger partial charge in [0.1, 0.15) is 0 Å². The number of hydrogen-bond donors (Lipinski definition) is 1. The quantitative estimate of drug-likeness (QED) is 0.834. The molecule has 2 aliphatic carbocycles. The Labute approximate surface area is 132 Å². The first-order valence-electron chi connectivity index (χ1n) is 8.06. The molecule has 2 unspecified atom stereocenters. The molecule has 0 aliphatic heterocycles. The molecule has 1 N–H and O–H groups in total. The van der Waals surface area contributed by atoms with Crippen LogP contribution in [0.25, 0.3) is 0 Å². The molecule has 2 nitrogen and oxygen atoms in total. The summed E-state index contributed by atoms with van der Waals surface area (Å²) in [6.45, 7) is 2.28. The molecule has 1 aromatic rings. The second-order valence-corrected chi connectivity index (χ2v) is 7.21. The zero-order valence-corrected chi connectivity index (χ0v) is 13.4. The van der Waals surface area contributed by atoms with Crippen molar-refractivity contribution >= 4 is 17.5 Å². The van der Waals surface area contributed by atoms with Crippen molar-refractivity contribution in [2.45, 2.75) is 50.5 Å². The lowest BCUT2D eigenvalue weighted by Crippen LogP contribution is -2.52. The summed E-state index contributed by atoms with van der Waals surface area (Å²) < 4.78 is 0. The van der Waals surface area contributed by atoms with E-state index in [2.05, 4.69) is 24.4 Å². The van der Waals surface area contributed by atoms with Gasteiger partial charge in [0.25, 0.3) is 0 Å². The lowest BCUT2D eigenvalue weighted by atomic mass is 9.78. The third kappa shape index (κ3) is 3.26. The van der Waals surface area contributed by atoms with Crippen LogP contribution in [0.2, 0.25) is 0 Å². The Morgan fingerprint density at radius 3 is 2.57 bits per heavy atom. The summed E-state index contributed by atoms with van der Waals surface area (Å²) in [5.41, 5.74) is 1.13. The Bertz CT molecular complexity index is 493. The van der Waals surface area contributed by atoms with Crippen molar-refractivity contribution in [3.63, 3.8) is 0 Å². The molecule has 0 heterocycles. The fourth-order valence-corrected chi connectivity index (χ4v) is 3.85. The van der Waals surface area contributed by atoms with Gasteiger partial charge in [-0.1, -0.05) is 37.3 Å². The minimum atomic E-state index is -0.158. The zero-order valence-electron chi connectivity index (χ0n) is 12.6. The van der Waals surface area contributed by atoms with Crippen LogP contribution in [0.3, 0.4) is 0 Å². The maximum Gasteiger partial charge on any atom is 0.224 e. The molecule has 0 radical (unpaired) electrons. The summed E-state index contributed by atoms with van der Waals surface area (Å²) >= 11 is 6.19. The number of carbonyl (C=O) groups is 1. The summed E-state index contributed by atoms with van der Waals surface area (Å²) in [6.07, 6.45) is 5.35. The predicted octanol–water partition coefficient (Wildman–Crippen LogP) is 4.09. The number of carbonyl (C=O) groups excluding carboxylic acids is 1. The second kappa shape index (κ2) is 6.00. The second-order valence-electron chi connectivity index (χ2n) is 6.95. The van der Waals surface area contributed by atoms with Gasteiger partial charge in [-0.3, -0.25) is 4.79 Å². The van der Waals surface area contributed by atoms with E-state index >= 15 is 0 Å². The van der Waals surface area contributed by atoms with E-state index in [1.807, 2.05) is 18.2 Å². The van der Waals surface area contributed by atoms with Crippen LogP contribution in [-0.2, 0) is 4.79 Å². The molecule has 3 rings (SSSR count). The Hall–Kier alpha value is -1.02. The smallest absolute Gasteiger partial charge is 0.224 e. The van der Waals surface area contributed by atoms with Crippen LogP contribution in [0.1, 0.15) is 50.5 Å². The molecular weight excluding hydrogens is 282 g/mol. The topological polar surface area (TPSA) is 29.1 Å². The first-order valence-corrected chi connectivity index (χ1v) is 8.60. The molecule has 1 amide bonds. The number of amides is 1. The SMILES string of the molecule is CC1CCC(CCl)(NC(=O)C2CC2c2ccccc2)CC1. The Morgan fingerprint density at radius 1 is 1.29 bits per heavy atom. The highest BCUT2D eigenvalue weighted by Gasteiger charge is 2.46. The highest BCUT2D eigenvalue weighted by atomic mass is 35.5. The molecule has 0 bridgehead atoms. The van der Waals surface area contributed by atoms with Crippen molar-refractivity contribution in [1.82, 2.24) is 5.32 Å². The number of halogens is 1. The number of hydrogen-bond acceptors (Lipinski definition) is 1. The Morgan fingerprint density at radius 2 is 1.95 bits per heavy atom. The average molecular weight is 306 g/mol. The van der Waals surface area contributed by atoms with Gasteiger partial charge in [0.15, 0.2) is 0 Å². The molecule has 1 aromatic carbocycles. The van der Waals surface area contributed by atoms with Crippen LogP contribution in [-0.4, -0.2) is 17.3 Å². The molecule has 114 valence electrons. The van der Waals surface area contributed by atoms with E-state index < -0.39 is 0 Å². The third-order valence-corrected chi connectivity index (χ3v) is 5.74. The Kier molecular flexibility index (Phi) is 4.26. The Balaban J connectivity index is 1.60. The maximum absolute atomic E-state index is 12.5. The molecule has 0 spiro atoms. The van der Waals surface area contributed by atoms with Crippen molar-refractivity contribution < 1.29 is 4.79 Å². The van der Waals surface area contributed by atoms with Crippen LogP contribution in [0, 0.1) is 11.8 Å². The van der Waals surface area contributed by atoms with E-state index in [9.17, 15) is 4.79 Å². The van der Waals surface area contributed by atoms with Crippen LogP contribution < -0.4 is 5.32 Å². The fourth-order valence-electron chi connectivity index (χ4n) is 3.51. The van der Waals surface area contributed by atoms with Crippen molar-refractivity contribution in [2.75, 3.05) is 5.88 Å². The predicted molar refractivity (Wildman–Crippen MR) is 86.5 cm³/mol. The first kappa shape index (κ1) is 14.9. The van der Waals surface area contributed by atoms with Gasteiger partial charge in [-0.2, -0.15) is 0 Å². The number of nitrogens with one attached hydrogen (secondary N) is 1. The monoisotopic (exact) mass is 305 g/mol. The van der Waals surface area contributed by atoms with E-state index in [0.29, 0.717) is 11.8 Å². The summed E-state index contributed by atoms with van der Waals surface area (Å²) in [5.74, 6) is 2.05. The maximum atomic E-state index is 12.5. The lowest BCUT2D eigenvalue weighted by molar-refractivity contribution is -0.124. The highest BCUT2D eigenvalue weighted by Crippen LogP contribution is 2.48.